The molecule has 1 amide bonds. The highest BCUT2D eigenvalue weighted by Crippen LogP contribution is 2.38. The molecule has 0 aromatic heterocycles. The Morgan fingerprint density at radius 1 is 1.58 bits per heavy atom. The number of benzene rings is 1. The largest absolute Gasteiger partial charge is 0.490 e. The summed E-state index contributed by atoms with van der Waals surface area (Å²) in [5.74, 6) is -0.354. The molecule has 0 radical (unpaired) electrons. The third-order valence-corrected chi connectivity index (χ3v) is 4.20. The summed E-state index contributed by atoms with van der Waals surface area (Å²) >= 11 is 3.35. The minimum atomic E-state index is -0.563. The monoisotopic (exact) mass is 328 g/mol. The molecule has 0 bridgehead atoms. The molecule has 0 atom stereocenters. The van der Waals surface area contributed by atoms with Crippen LogP contribution in [0.4, 0.5) is 5.69 Å². The molecule has 1 fully saturated rings. The minimum absolute atomic E-state index is 0.00428. The number of nitrogens with zero attached hydrogens (tertiary/aromatic N) is 1. The Balaban J connectivity index is 2.31. The summed E-state index contributed by atoms with van der Waals surface area (Å²) in [4.78, 5) is 22.5. The number of hydrogen-bond donors (Lipinski definition) is 1. The third-order valence-electron chi connectivity index (χ3n) is 3.13. The second-order valence-electron chi connectivity index (χ2n) is 4.48. The van der Waals surface area contributed by atoms with Crippen molar-refractivity contribution < 1.29 is 14.5 Å². The van der Waals surface area contributed by atoms with Crippen LogP contribution >= 0.6 is 15.9 Å². The molecule has 7 heteroatoms. The molecule has 0 saturated heterocycles. The SMILES string of the molecule is COc1c(C(=O)NC2(CBr)CC2)cccc1[N+](=O)[O-]. The van der Waals surface area contributed by atoms with Gasteiger partial charge in [-0.3, -0.25) is 14.9 Å². The van der Waals surface area contributed by atoms with Gasteiger partial charge < -0.3 is 10.1 Å². The fourth-order valence-electron chi connectivity index (χ4n) is 1.81. The van der Waals surface area contributed by atoms with Crippen LogP contribution in [0, 0.1) is 10.1 Å². The van der Waals surface area contributed by atoms with Crippen molar-refractivity contribution in [3.8, 4) is 5.75 Å². The molecule has 2 rings (SSSR count). The molecule has 0 unspecified atom stereocenters. The van der Waals surface area contributed by atoms with Crippen LogP contribution in [0.5, 0.6) is 5.75 Å². The Kier molecular flexibility index (Phi) is 3.75. The molecule has 0 spiro atoms. The molecule has 1 aromatic carbocycles. The number of halogens is 1. The van der Waals surface area contributed by atoms with E-state index in [4.69, 9.17) is 4.74 Å². The van der Waals surface area contributed by atoms with Crippen LogP contribution in [-0.2, 0) is 0 Å². The lowest BCUT2D eigenvalue weighted by Crippen LogP contribution is -2.38. The summed E-state index contributed by atoms with van der Waals surface area (Å²) in [6.45, 7) is 0. The molecule has 1 N–H and O–H groups in total. The fourth-order valence-corrected chi connectivity index (χ4v) is 2.51. The molecule has 0 aliphatic heterocycles. The topological polar surface area (TPSA) is 81.5 Å². The van der Waals surface area contributed by atoms with Crippen molar-refractivity contribution in [3.63, 3.8) is 0 Å². The van der Waals surface area contributed by atoms with Crippen molar-refractivity contribution in [3.05, 3.63) is 33.9 Å². The van der Waals surface area contributed by atoms with E-state index in [0.29, 0.717) is 5.33 Å². The number of methoxy groups -OCH3 is 1. The van der Waals surface area contributed by atoms with Gasteiger partial charge in [-0.25, -0.2) is 0 Å². The molecule has 1 aromatic rings. The quantitative estimate of drug-likeness (QED) is 0.510. The summed E-state index contributed by atoms with van der Waals surface area (Å²) in [7, 11) is 1.32. The molecule has 1 aliphatic carbocycles. The van der Waals surface area contributed by atoms with Gasteiger partial charge in [0.2, 0.25) is 5.75 Å². The van der Waals surface area contributed by atoms with Gasteiger partial charge in [0.15, 0.2) is 0 Å². The number of amides is 1. The van der Waals surface area contributed by atoms with E-state index < -0.39 is 4.92 Å². The second-order valence-corrected chi connectivity index (χ2v) is 5.04. The lowest BCUT2D eigenvalue weighted by molar-refractivity contribution is -0.385. The lowest BCUT2D eigenvalue weighted by atomic mass is 10.1. The maximum Gasteiger partial charge on any atom is 0.311 e. The number of rotatable bonds is 5. The molecule has 102 valence electrons. The van der Waals surface area contributed by atoms with E-state index in [1.165, 1.54) is 25.3 Å². The van der Waals surface area contributed by atoms with Crippen LogP contribution in [0.3, 0.4) is 0 Å². The molecule has 1 saturated carbocycles. The number of ether oxygens (including phenoxy) is 1. The Hall–Kier alpha value is -1.63. The fraction of sp³-hybridized carbons (Fsp3) is 0.417. The van der Waals surface area contributed by atoms with Gasteiger partial charge >= 0.3 is 5.69 Å². The normalized spacial score (nSPS) is 15.7. The number of carbonyl (C=O) groups is 1. The van der Waals surface area contributed by atoms with Crippen molar-refractivity contribution in [1.29, 1.82) is 0 Å². The van der Waals surface area contributed by atoms with Crippen molar-refractivity contribution in [2.45, 2.75) is 18.4 Å². The number of para-hydroxylation sites is 1. The van der Waals surface area contributed by atoms with Gasteiger partial charge in [-0.2, -0.15) is 0 Å². The lowest BCUT2D eigenvalue weighted by Gasteiger charge is -2.15. The molecule has 0 heterocycles. The Bertz CT molecular complexity index is 528. The summed E-state index contributed by atoms with van der Waals surface area (Å²) in [5.41, 5.74) is -0.241. The first-order chi connectivity index (χ1) is 9.03. The Labute approximate surface area is 118 Å². The zero-order valence-corrected chi connectivity index (χ0v) is 11.9. The van der Waals surface area contributed by atoms with E-state index in [0.717, 1.165) is 12.8 Å². The predicted octanol–water partition coefficient (Wildman–Crippen LogP) is 2.26. The minimum Gasteiger partial charge on any atom is -0.490 e. The highest BCUT2D eigenvalue weighted by atomic mass is 79.9. The van der Waals surface area contributed by atoms with Crippen molar-refractivity contribution >= 4 is 27.5 Å². The van der Waals surface area contributed by atoms with Gasteiger partial charge in [0.05, 0.1) is 23.1 Å². The van der Waals surface area contributed by atoms with Crippen LogP contribution in [0.2, 0.25) is 0 Å². The van der Waals surface area contributed by atoms with E-state index >= 15 is 0 Å². The highest BCUT2D eigenvalue weighted by Gasteiger charge is 2.43. The van der Waals surface area contributed by atoms with Gasteiger partial charge in [0.1, 0.15) is 0 Å². The zero-order valence-electron chi connectivity index (χ0n) is 10.3. The van der Waals surface area contributed by atoms with Crippen molar-refractivity contribution in [2.24, 2.45) is 0 Å². The molecule has 19 heavy (non-hydrogen) atoms. The number of alkyl halides is 1. The number of nitro benzene ring substituents is 1. The summed E-state index contributed by atoms with van der Waals surface area (Å²) in [6.07, 6.45) is 1.81. The smallest absolute Gasteiger partial charge is 0.311 e. The summed E-state index contributed by atoms with van der Waals surface area (Å²) < 4.78 is 5.01. The molecular weight excluding hydrogens is 316 g/mol. The molecule has 6 nitrogen and oxygen atoms in total. The number of hydrogen-bond acceptors (Lipinski definition) is 4. The zero-order chi connectivity index (χ0) is 14.0. The third kappa shape index (κ3) is 2.70. The number of nitro groups is 1. The van der Waals surface area contributed by atoms with Gasteiger partial charge in [-0.05, 0) is 18.9 Å². The Morgan fingerprint density at radius 3 is 2.74 bits per heavy atom. The van der Waals surface area contributed by atoms with Crippen LogP contribution in [0.25, 0.3) is 0 Å². The summed E-state index contributed by atoms with van der Waals surface area (Å²) in [5, 5.41) is 14.5. The first-order valence-corrected chi connectivity index (χ1v) is 6.85. The number of carbonyl (C=O) groups excluding carboxylic acids is 1. The van der Waals surface area contributed by atoms with Crippen LogP contribution in [-0.4, -0.2) is 28.8 Å². The predicted molar refractivity (Wildman–Crippen MR) is 72.9 cm³/mol. The van der Waals surface area contributed by atoms with E-state index in [-0.39, 0.29) is 28.4 Å². The average molecular weight is 329 g/mol. The Morgan fingerprint density at radius 2 is 2.26 bits per heavy atom. The maximum absolute atomic E-state index is 12.2. The molecule has 1 aliphatic rings. The first-order valence-electron chi connectivity index (χ1n) is 5.73. The maximum atomic E-state index is 12.2. The van der Waals surface area contributed by atoms with Gasteiger partial charge in [-0.15, -0.1) is 0 Å². The highest BCUT2D eigenvalue weighted by molar-refractivity contribution is 9.09. The van der Waals surface area contributed by atoms with E-state index in [2.05, 4.69) is 21.2 Å². The number of nitrogens with one attached hydrogen (secondary N) is 1. The molecular formula is C12H13BrN2O4. The van der Waals surface area contributed by atoms with Crippen LogP contribution in [0.15, 0.2) is 18.2 Å². The van der Waals surface area contributed by atoms with E-state index in [1.54, 1.807) is 0 Å². The average Bonchev–Trinajstić information content (AvgIpc) is 3.17. The van der Waals surface area contributed by atoms with Crippen LogP contribution in [0.1, 0.15) is 23.2 Å². The standard InChI is InChI=1S/C12H13BrN2O4/c1-19-10-8(3-2-4-9(10)15(17)18)11(16)14-12(7-13)5-6-12/h2-4H,5-7H2,1H3,(H,14,16). The van der Waals surface area contributed by atoms with E-state index in [9.17, 15) is 14.9 Å². The van der Waals surface area contributed by atoms with E-state index in [1.807, 2.05) is 0 Å². The second kappa shape index (κ2) is 5.16. The van der Waals surface area contributed by atoms with Crippen LogP contribution < -0.4 is 10.1 Å². The first kappa shape index (κ1) is 13.8. The van der Waals surface area contributed by atoms with Crippen molar-refractivity contribution in [1.82, 2.24) is 5.32 Å². The van der Waals surface area contributed by atoms with Crippen molar-refractivity contribution in [2.75, 3.05) is 12.4 Å². The van der Waals surface area contributed by atoms with Gasteiger partial charge in [0, 0.05) is 11.4 Å². The van der Waals surface area contributed by atoms with Gasteiger partial charge in [-0.1, -0.05) is 22.0 Å². The summed E-state index contributed by atoms with van der Waals surface area (Å²) in [6, 6.07) is 4.31. The van der Waals surface area contributed by atoms with Gasteiger partial charge in [0.25, 0.3) is 5.91 Å².